The quantitative estimate of drug-likeness (QED) is 0.480. The number of hydrogen-bond donors (Lipinski definition) is 1. The fourth-order valence-electron chi connectivity index (χ4n) is 2.03. The van der Waals surface area contributed by atoms with Gasteiger partial charge in [-0.15, -0.1) is 0 Å². The molecule has 4 rings (SSSR count). The summed E-state index contributed by atoms with van der Waals surface area (Å²) in [5.74, 6) is 0. The van der Waals surface area contributed by atoms with E-state index in [2.05, 4.69) is 32.6 Å². The molecule has 2 amide bonds. The van der Waals surface area contributed by atoms with Gasteiger partial charge in [-0.05, 0) is 71.1 Å². The van der Waals surface area contributed by atoms with Gasteiger partial charge < -0.3 is 14.8 Å². The predicted octanol–water partition coefficient (Wildman–Crippen LogP) is 5.60. The maximum atomic E-state index is 11.1. The Hall–Kier alpha value is -1.71. The second-order valence-corrected chi connectivity index (χ2v) is 7.36. The lowest BCUT2D eigenvalue weighted by Crippen LogP contribution is -2.22. The predicted molar refractivity (Wildman–Crippen MR) is 120 cm³/mol. The number of cyclic esters (lactones) is 2. The highest BCUT2D eigenvalue weighted by Gasteiger charge is 2.22. The molecule has 2 aromatic carbocycles. The lowest BCUT2D eigenvalue weighted by Gasteiger charge is -2.11. The molecule has 6 nitrogen and oxygen atoms in total. The molecule has 0 aromatic heterocycles. The number of hydrogen-bond acceptors (Lipinski definition) is 4. The van der Waals surface area contributed by atoms with E-state index in [1.807, 2.05) is 24.3 Å². The van der Waals surface area contributed by atoms with Crippen LogP contribution in [-0.2, 0) is 9.47 Å². The summed E-state index contributed by atoms with van der Waals surface area (Å²) in [6.45, 7) is 2.26. The maximum absolute atomic E-state index is 11.1. The van der Waals surface area contributed by atoms with Crippen molar-refractivity contribution in [3.05, 3.63) is 62.1 Å². The highest BCUT2D eigenvalue weighted by Crippen LogP contribution is 2.20. The molecular weight excluding hydrogens is 518 g/mol. The van der Waals surface area contributed by atoms with E-state index in [1.54, 1.807) is 29.2 Å². The zero-order valence-electron chi connectivity index (χ0n) is 14.2. The highest BCUT2D eigenvalue weighted by atomic mass is 127. The molecule has 0 radical (unpaired) electrons. The van der Waals surface area contributed by atoms with E-state index >= 15 is 0 Å². The third-order valence-corrected chi connectivity index (χ3v) is 4.53. The Morgan fingerprint density at radius 3 is 1.82 bits per heavy atom. The Morgan fingerprint density at radius 1 is 0.893 bits per heavy atom. The molecule has 2 heterocycles. The van der Waals surface area contributed by atoms with Crippen LogP contribution in [0.4, 0.5) is 15.3 Å². The largest absolute Gasteiger partial charge is 0.448 e. The number of ether oxygens (including phenoxy) is 2. The van der Waals surface area contributed by atoms with E-state index in [0.29, 0.717) is 31.3 Å². The number of halogens is 3. The van der Waals surface area contributed by atoms with E-state index < -0.39 is 0 Å². The molecule has 2 aliphatic rings. The van der Waals surface area contributed by atoms with E-state index in [-0.39, 0.29) is 19.6 Å². The lowest BCUT2D eigenvalue weighted by molar-refractivity contribution is 0.178. The fourth-order valence-corrected chi connectivity index (χ4v) is 2.64. The molecule has 0 aliphatic carbocycles. The number of benzene rings is 2. The van der Waals surface area contributed by atoms with Gasteiger partial charge in [0, 0.05) is 19.3 Å². The number of carbonyl (C=O) groups excluding carboxylic acids is 2. The van der Waals surface area contributed by atoms with Gasteiger partial charge in [-0.2, -0.15) is 0 Å². The summed E-state index contributed by atoms with van der Waals surface area (Å²) in [6, 6.07) is 14.8. The number of rotatable bonds is 1. The molecule has 2 aliphatic heterocycles. The summed E-state index contributed by atoms with van der Waals surface area (Å²) in [5.41, 5.74) is 0.826. The van der Waals surface area contributed by atoms with E-state index in [1.165, 1.54) is 3.57 Å². The molecule has 2 saturated heterocycles. The van der Waals surface area contributed by atoms with Crippen LogP contribution < -0.4 is 10.2 Å². The van der Waals surface area contributed by atoms with Gasteiger partial charge in [0.1, 0.15) is 13.2 Å². The average molecular weight is 539 g/mol. The van der Waals surface area contributed by atoms with Gasteiger partial charge in [-0.25, -0.2) is 9.59 Å². The molecule has 2 fully saturated rings. The minimum absolute atomic E-state index is 0. The van der Waals surface area contributed by atoms with Crippen LogP contribution in [-0.4, -0.2) is 38.5 Å². The van der Waals surface area contributed by atoms with Crippen LogP contribution in [0, 0.1) is 3.57 Å². The van der Waals surface area contributed by atoms with E-state index in [4.69, 9.17) is 27.9 Å². The Bertz CT molecular complexity index is 729. The third kappa shape index (κ3) is 8.53. The number of anilines is 1. The molecule has 2 aromatic rings. The zero-order valence-corrected chi connectivity index (χ0v) is 17.8. The molecule has 152 valence electrons. The summed E-state index contributed by atoms with van der Waals surface area (Å²) in [5, 5.41) is 3.92. The summed E-state index contributed by atoms with van der Waals surface area (Å²) in [6.07, 6.45) is -0.586. The van der Waals surface area contributed by atoms with Gasteiger partial charge >= 0.3 is 12.2 Å². The molecule has 0 spiro atoms. The minimum atomic E-state index is -0.296. The molecule has 0 atom stereocenters. The standard InChI is InChI=1S/C9H8ClNO2.C6H4ClI.C3H5NO2.CH4/c10-7-1-3-8(4-2-7)11-5-6-13-9(11)12;7-5-1-3-6(8)4-2-5;5-3-4-1-2-6-3;/h1-4H,5-6H2;1-4H;1-2H2,(H,4,5);1H4. The Kier molecular flexibility index (Phi) is 11.0. The maximum Gasteiger partial charge on any atom is 0.414 e. The van der Waals surface area contributed by atoms with Crippen molar-refractivity contribution in [2.24, 2.45) is 0 Å². The third-order valence-electron chi connectivity index (χ3n) is 3.31. The van der Waals surface area contributed by atoms with Gasteiger partial charge in [0.05, 0.1) is 13.1 Å². The number of amides is 2. The van der Waals surface area contributed by atoms with Gasteiger partial charge in [0.25, 0.3) is 0 Å². The van der Waals surface area contributed by atoms with Crippen molar-refractivity contribution >= 4 is 63.7 Å². The lowest BCUT2D eigenvalue weighted by atomic mass is 10.3. The first-order chi connectivity index (χ1) is 13.0. The second kappa shape index (κ2) is 12.7. The van der Waals surface area contributed by atoms with Crippen LogP contribution in [0.15, 0.2) is 48.5 Å². The minimum Gasteiger partial charge on any atom is -0.448 e. The van der Waals surface area contributed by atoms with Crippen molar-refractivity contribution in [2.45, 2.75) is 7.43 Å². The van der Waals surface area contributed by atoms with Crippen LogP contribution in [0.2, 0.25) is 10.0 Å². The number of nitrogens with zero attached hydrogens (tertiary/aromatic N) is 1. The Balaban J connectivity index is 0.000000225. The molecule has 0 saturated carbocycles. The first-order valence-corrected chi connectivity index (χ1v) is 9.81. The SMILES string of the molecule is C.Clc1ccc(I)cc1.O=C1NCCO1.O=C1OCCN1c1ccc(Cl)cc1. The summed E-state index contributed by atoms with van der Waals surface area (Å²) in [4.78, 5) is 22.6. The van der Waals surface area contributed by atoms with Crippen molar-refractivity contribution in [2.75, 3.05) is 31.2 Å². The summed E-state index contributed by atoms with van der Waals surface area (Å²) >= 11 is 13.6. The molecular formula is C19H21Cl2IN2O4. The normalized spacial score (nSPS) is 14.3. The monoisotopic (exact) mass is 538 g/mol. The fraction of sp³-hybridized carbons (Fsp3) is 0.263. The van der Waals surface area contributed by atoms with Gasteiger partial charge in [0.15, 0.2) is 0 Å². The molecule has 0 unspecified atom stereocenters. The van der Waals surface area contributed by atoms with Crippen LogP contribution in [0.1, 0.15) is 7.43 Å². The first kappa shape index (κ1) is 24.3. The summed E-state index contributed by atoms with van der Waals surface area (Å²) < 4.78 is 10.4. The average Bonchev–Trinajstić information content (AvgIpc) is 3.30. The first-order valence-electron chi connectivity index (χ1n) is 7.97. The Morgan fingerprint density at radius 2 is 1.46 bits per heavy atom. The van der Waals surface area contributed by atoms with Gasteiger partial charge in [-0.1, -0.05) is 30.6 Å². The van der Waals surface area contributed by atoms with E-state index in [0.717, 1.165) is 10.7 Å². The number of carbonyl (C=O) groups is 2. The molecule has 28 heavy (non-hydrogen) atoms. The van der Waals surface area contributed by atoms with Crippen LogP contribution in [0.3, 0.4) is 0 Å². The van der Waals surface area contributed by atoms with Crippen molar-refractivity contribution in [3.63, 3.8) is 0 Å². The molecule has 0 bridgehead atoms. The van der Waals surface area contributed by atoms with Crippen LogP contribution in [0.5, 0.6) is 0 Å². The van der Waals surface area contributed by atoms with E-state index in [9.17, 15) is 9.59 Å². The zero-order chi connectivity index (χ0) is 19.6. The van der Waals surface area contributed by atoms with Crippen molar-refractivity contribution < 1.29 is 19.1 Å². The smallest absolute Gasteiger partial charge is 0.414 e. The Labute approximate surface area is 188 Å². The van der Waals surface area contributed by atoms with Crippen LogP contribution >= 0.6 is 45.8 Å². The van der Waals surface area contributed by atoms with Crippen molar-refractivity contribution in [1.82, 2.24) is 5.32 Å². The second-order valence-electron chi connectivity index (χ2n) is 5.24. The highest BCUT2D eigenvalue weighted by molar-refractivity contribution is 14.1. The number of nitrogens with one attached hydrogen (secondary N) is 1. The van der Waals surface area contributed by atoms with Crippen molar-refractivity contribution in [3.8, 4) is 0 Å². The number of alkyl carbamates (subject to hydrolysis) is 1. The van der Waals surface area contributed by atoms with Gasteiger partial charge in [0.2, 0.25) is 0 Å². The topological polar surface area (TPSA) is 67.9 Å². The van der Waals surface area contributed by atoms with Crippen LogP contribution in [0.25, 0.3) is 0 Å². The molecule has 9 heteroatoms. The summed E-state index contributed by atoms with van der Waals surface area (Å²) in [7, 11) is 0. The van der Waals surface area contributed by atoms with Gasteiger partial charge in [-0.3, -0.25) is 4.90 Å². The van der Waals surface area contributed by atoms with Crippen molar-refractivity contribution in [1.29, 1.82) is 0 Å². The molecule has 1 N–H and O–H groups in total.